The number of benzene rings is 2. The lowest BCUT2D eigenvalue weighted by Gasteiger charge is -2.45. The van der Waals surface area contributed by atoms with E-state index in [0.29, 0.717) is 11.2 Å². The molecule has 0 aromatic heterocycles. The second kappa shape index (κ2) is 7.48. The Kier molecular flexibility index (Phi) is 4.81. The smallest absolute Gasteiger partial charge is 0.308 e. The van der Waals surface area contributed by atoms with Crippen molar-refractivity contribution < 1.29 is 9.53 Å². The van der Waals surface area contributed by atoms with E-state index in [4.69, 9.17) is 4.74 Å². The first-order chi connectivity index (χ1) is 14.1. The minimum Gasteiger partial charge on any atom is -0.427 e. The normalized spacial score (nSPS) is 27.1. The van der Waals surface area contributed by atoms with Crippen LogP contribution in [-0.4, -0.2) is 5.97 Å². The summed E-state index contributed by atoms with van der Waals surface area (Å²) in [6, 6.07) is 17.2. The van der Waals surface area contributed by atoms with Gasteiger partial charge in [-0.25, -0.2) is 0 Å². The highest BCUT2D eigenvalue weighted by Gasteiger charge is 2.49. The molecule has 0 spiro atoms. The number of hydrogen-bond acceptors (Lipinski definition) is 2. The zero-order valence-corrected chi connectivity index (χ0v) is 17.3. The van der Waals surface area contributed by atoms with E-state index in [-0.39, 0.29) is 5.97 Å². The number of allylic oxidation sites excluding steroid dienone is 2. The molecule has 2 saturated carbocycles. The van der Waals surface area contributed by atoms with E-state index in [2.05, 4.69) is 36.4 Å². The van der Waals surface area contributed by atoms with Crippen molar-refractivity contribution in [2.24, 2.45) is 17.8 Å². The molecule has 0 heterocycles. The summed E-state index contributed by atoms with van der Waals surface area (Å²) in [4.78, 5) is 11.1. The topological polar surface area (TPSA) is 26.3 Å². The van der Waals surface area contributed by atoms with Gasteiger partial charge in [-0.3, -0.25) is 4.79 Å². The van der Waals surface area contributed by atoms with Crippen LogP contribution in [0, 0.1) is 17.8 Å². The molecule has 2 nitrogen and oxygen atoms in total. The lowest BCUT2D eigenvalue weighted by Crippen LogP contribution is -2.39. The monoisotopic (exact) mass is 386 g/mol. The minimum absolute atomic E-state index is 0.282. The molecular weight excluding hydrogens is 356 g/mol. The van der Waals surface area contributed by atoms with E-state index in [9.17, 15) is 4.79 Å². The van der Waals surface area contributed by atoms with Crippen LogP contribution in [-0.2, 0) is 10.2 Å². The fourth-order valence-electron chi connectivity index (χ4n) is 6.35. The molecule has 0 saturated heterocycles. The quantitative estimate of drug-likeness (QED) is 0.332. The van der Waals surface area contributed by atoms with Crippen LogP contribution in [0.4, 0.5) is 0 Å². The molecule has 0 amide bonds. The fourth-order valence-corrected chi connectivity index (χ4v) is 6.35. The standard InChI is InChI=1S/C27H30O2/c1-19(28)29-25-13-9-22(10-14-25)21-7-11-24(12-8-21)27(15-3-2-4-16-27)26-18-20-5-6-23(26)17-20/h5-14,20,23,26H,2-4,15-18H2,1H3. The molecule has 0 radical (unpaired) electrons. The van der Waals surface area contributed by atoms with E-state index in [1.54, 1.807) is 5.56 Å². The van der Waals surface area contributed by atoms with Crippen molar-refractivity contribution in [1.82, 2.24) is 0 Å². The molecule has 3 unspecified atom stereocenters. The zero-order valence-electron chi connectivity index (χ0n) is 17.3. The molecule has 3 aliphatic rings. The van der Waals surface area contributed by atoms with E-state index < -0.39 is 0 Å². The van der Waals surface area contributed by atoms with Crippen molar-refractivity contribution in [1.29, 1.82) is 0 Å². The zero-order chi connectivity index (χ0) is 19.8. The first kappa shape index (κ1) is 18.7. The molecule has 0 N–H and O–H groups in total. The maximum Gasteiger partial charge on any atom is 0.308 e. The largest absolute Gasteiger partial charge is 0.427 e. The molecular formula is C27H30O2. The minimum atomic E-state index is -0.282. The first-order valence-corrected chi connectivity index (χ1v) is 11.2. The van der Waals surface area contributed by atoms with E-state index in [1.807, 2.05) is 24.3 Å². The number of rotatable bonds is 4. The van der Waals surface area contributed by atoms with Gasteiger partial charge in [0.15, 0.2) is 0 Å². The summed E-state index contributed by atoms with van der Waals surface area (Å²) in [5.74, 6) is 2.77. The van der Waals surface area contributed by atoms with Crippen molar-refractivity contribution >= 4 is 5.97 Å². The Morgan fingerprint density at radius 2 is 1.52 bits per heavy atom. The number of esters is 1. The predicted octanol–water partition coefficient (Wildman–Crippen LogP) is 6.69. The summed E-state index contributed by atoms with van der Waals surface area (Å²) in [5.41, 5.74) is 4.32. The molecule has 29 heavy (non-hydrogen) atoms. The van der Waals surface area contributed by atoms with Gasteiger partial charge < -0.3 is 4.74 Å². The van der Waals surface area contributed by atoms with Crippen LogP contribution in [0.25, 0.3) is 11.1 Å². The van der Waals surface area contributed by atoms with Gasteiger partial charge in [-0.2, -0.15) is 0 Å². The van der Waals surface area contributed by atoms with Gasteiger partial charge >= 0.3 is 5.97 Å². The summed E-state index contributed by atoms with van der Waals surface area (Å²) >= 11 is 0. The number of fused-ring (bicyclic) bond motifs is 2. The van der Waals surface area contributed by atoms with Crippen molar-refractivity contribution in [3.63, 3.8) is 0 Å². The highest BCUT2D eigenvalue weighted by atomic mass is 16.5. The van der Waals surface area contributed by atoms with Crippen molar-refractivity contribution in [2.45, 2.75) is 57.3 Å². The lowest BCUT2D eigenvalue weighted by atomic mass is 9.59. The molecule has 2 aromatic rings. The van der Waals surface area contributed by atoms with Crippen LogP contribution in [0.15, 0.2) is 60.7 Å². The van der Waals surface area contributed by atoms with Gasteiger partial charge in [0, 0.05) is 6.92 Å². The molecule has 3 aliphatic carbocycles. The van der Waals surface area contributed by atoms with Gasteiger partial charge in [0.1, 0.15) is 5.75 Å². The second-order valence-electron chi connectivity index (χ2n) is 9.30. The number of hydrogen-bond donors (Lipinski definition) is 0. The Morgan fingerprint density at radius 3 is 2.07 bits per heavy atom. The molecule has 5 rings (SSSR count). The van der Waals surface area contributed by atoms with Crippen LogP contribution in [0.2, 0.25) is 0 Å². The van der Waals surface area contributed by atoms with Crippen LogP contribution in [0.5, 0.6) is 5.75 Å². The molecule has 0 aliphatic heterocycles. The van der Waals surface area contributed by atoms with Gasteiger partial charge in [0.2, 0.25) is 0 Å². The van der Waals surface area contributed by atoms with E-state index in [0.717, 1.165) is 23.3 Å². The van der Waals surface area contributed by atoms with Crippen LogP contribution in [0.1, 0.15) is 57.4 Å². The Hall–Kier alpha value is -2.35. The van der Waals surface area contributed by atoms with Gasteiger partial charge in [-0.1, -0.05) is 67.8 Å². The van der Waals surface area contributed by atoms with Crippen molar-refractivity contribution in [3.05, 3.63) is 66.2 Å². The molecule has 3 atom stereocenters. The summed E-state index contributed by atoms with van der Waals surface area (Å²) in [6.07, 6.45) is 14.6. The lowest BCUT2D eigenvalue weighted by molar-refractivity contribution is -0.131. The molecule has 150 valence electrons. The van der Waals surface area contributed by atoms with Gasteiger partial charge in [0.05, 0.1) is 0 Å². The van der Waals surface area contributed by atoms with Crippen LogP contribution < -0.4 is 4.74 Å². The van der Waals surface area contributed by atoms with Crippen LogP contribution >= 0.6 is 0 Å². The third-order valence-electron chi connectivity index (χ3n) is 7.64. The highest BCUT2D eigenvalue weighted by Crippen LogP contribution is 2.57. The number of carbonyl (C=O) groups is 1. The molecule has 2 aromatic carbocycles. The van der Waals surface area contributed by atoms with Gasteiger partial charge in [-0.15, -0.1) is 0 Å². The van der Waals surface area contributed by atoms with Crippen molar-refractivity contribution in [2.75, 3.05) is 0 Å². The average Bonchev–Trinajstić information content (AvgIpc) is 3.39. The van der Waals surface area contributed by atoms with Crippen molar-refractivity contribution in [3.8, 4) is 16.9 Å². The maximum atomic E-state index is 11.1. The third kappa shape index (κ3) is 3.43. The summed E-state index contributed by atoms with van der Waals surface area (Å²) in [6.45, 7) is 1.43. The summed E-state index contributed by atoms with van der Waals surface area (Å²) < 4.78 is 5.15. The van der Waals surface area contributed by atoms with Gasteiger partial charge in [-0.05, 0) is 77.7 Å². The van der Waals surface area contributed by atoms with E-state index >= 15 is 0 Å². The number of carbonyl (C=O) groups excluding carboxylic acids is 1. The summed E-state index contributed by atoms with van der Waals surface area (Å²) in [7, 11) is 0. The first-order valence-electron chi connectivity index (χ1n) is 11.2. The fraction of sp³-hybridized carbons (Fsp3) is 0.444. The Labute approximate surface area is 174 Å². The highest BCUT2D eigenvalue weighted by molar-refractivity contribution is 5.70. The molecule has 2 fully saturated rings. The Balaban J connectivity index is 1.42. The second-order valence-corrected chi connectivity index (χ2v) is 9.30. The number of ether oxygens (including phenoxy) is 1. The maximum absolute atomic E-state index is 11.1. The van der Waals surface area contributed by atoms with E-state index in [1.165, 1.54) is 57.4 Å². The Morgan fingerprint density at radius 1 is 0.862 bits per heavy atom. The molecule has 2 heteroatoms. The predicted molar refractivity (Wildman–Crippen MR) is 117 cm³/mol. The van der Waals surface area contributed by atoms with Crippen LogP contribution in [0.3, 0.4) is 0 Å². The molecule has 2 bridgehead atoms. The summed E-state index contributed by atoms with van der Waals surface area (Å²) in [5, 5.41) is 0. The van der Waals surface area contributed by atoms with Gasteiger partial charge in [0.25, 0.3) is 0 Å². The third-order valence-corrected chi connectivity index (χ3v) is 7.64. The Bertz CT molecular complexity index is 901. The SMILES string of the molecule is CC(=O)Oc1ccc(-c2ccc(C3(C4CC5C=CC4C5)CCCCC3)cc2)cc1. The average molecular weight is 387 g/mol.